The van der Waals surface area contributed by atoms with Crippen molar-refractivity contribution in [2.24, 2.45) is 11.7 Å². The lowest BCUT2D eigenvalue weighted by Gasteiger charge is -2.48. The molecule has 1 amide bonds. The molecule has 7 heteroatoms. The molecule has 0 aromatic heterocycles. The number of rotatable bonds is 4. The highest BCUT2D eigenvalue weighted by Crippen LogP contribution is 2.45. The van der Waals surface area contributed by atoms with Gasteiger partial charge < -0.3 is 15.8 Å². The zero-order valence-corrected chi connectivity index (χ0v) is 15.1. The number of nitrogens with two attached hydrogens (primary N) is 1. The van der Waals surface area contributed by atoms with Gasteiger partial charge in [-0.1, -0.05) is 18.6 Å². The van der Waals surface area contributed by atoms with Crippen LogP contribution in [0.15, 0.2) is 29.2 Å². The first-order valence-corrected chi connectivity index (χ1v) is 10.7. The van der Waals surface area contributed by atoms with Crippen LogP contribution in [0, 0.1) is 5.92 Å². The number of fused-ring (bicyclic) bond motifs is 1. The molecule has 0 radical (unpaired) electrons. The summed E-state index contributed by atoms with van der Waals surface area (Å²) in [4.78, 5) is 13.3. The van der Waals surface area contributed by atoms with E-state index in [-0.39, 0.29) is 29.0 Å². The number of nitrogens with one attached hydrogen (secondary N) is 1. The van der Waals surface area contributed by atoms with Crippen molar-refractivity contribution >= 4 is 15.7 Å². The largest absolute Gasteiger partial charge is 0.376 e. The lowest BCUT2D eigenvalue weighted by atomic mass is 9.63. The predicted molar refractivity (Wildman–Crippen MR) is 92.8 cm³/mol. The third-order valence-corrected chi connectivity index (χ3v) is 7.35. The van der Waals surface area contributed by atoms with Gasteiger partial charge in [0.25, 0.3) is 0 Å². The van der Waals surface area contributed by atoms with E-state index >= 15 is 0 Å². The van der Waals surface area contributed by atoms with Crippen LogP contribution in [0.3, 0.4) is 0 Å². The fourth-order valence-corrected chi connectivity index (χ4v) is 5.05. The van der Waals surface area contributed by atoms with Gasteiger partial charge in [-0.15, -0.1) is 0 Å². The predicted octanol–water partition coefficient (Wildman–Crippen LogP) is 0.743. The van der Waals surface area contributed by atoms with Crippen molar-refractivity contribution in [2.75, 3.05) is 12.9 Å². The van der Waals surface area contributed by atoms with E-state index in [1.165, 1.54) is 6.26 Å². The molecule has 4 atom stereocenters. The van der Waals surface area contributed by atoms with Crippen molar-refractivity contribution in [1.29, 1.82) is 0 Å². The highest BCUT2D eigenvalue weighted by Gasteiger charge is 2.55. The van der Waals surface area contributed by atoms with E-state index in [0.717, 1.165) is 31.2 Å². The highest BCUT2D eigenvalue weighted by molar-refractivity contribution is 7.90. The molecule has 6 nitrogen and oxygen atoms in total. The van der Waals surface area contributed by atoms with Crippen LogP contribution in [0.5, 0.6) is 0 Å². The van der Waals surface area contributed by atoms with Crippen LogP contribution in [-0.4, -0.2) is 45.4 Å². The van der Waals surface area contributed by atoms with Gasteiger partial charge in [-0.25, -0.2) is 8.42 Å². The quantitative estimate of drug-likeness (QED) is 0.821. The zero-order valence-electron chi connectivity index (χ0n) is 14.3. The molecular formula is C18H24N2O4S. The molecule has 1 aliphatic heterocycles. The minimum Gasteiger partial charge on any atom is -0.376 e. The molecule has 1 aromatic carbocycles. The standard InChI is InChI=1S/C18H24N2O4S/c1-25(22,23)12-5-3-11(4-6-12)18(8-2-9-18)17(21)20-15-14(19)13-7-10-24-16(13)15/h3-6,13-16H,2,7-10,19H2,1H3,(H,20,21)/t13-,14+,15-,16-/m1/s1. The molecule has 0 unspecified atom stereocenters. The Bertz CT molecular complexity index is 786. The third-order valence-electron chi connectivity index (χ3n) is 6.22. The van der Waals surface area contributed by atoms with Crippen molar-refractivity contribution in [3.05, 3.63) is 29.8 Å². The molecule has 0 bridgehead atoms. The fraction of sp³-hybridized carbons (Fsp3) is 0.611. The molecule has 0 spiro atoms. The molecule has 1 saturated heterocycles. The monoisotopic (exact) mass is 364 g/mol. The Balaban J connectivity index is 1.53. The van der Waals surface area contributed by atoms with E-state index in [0.29, 0.717) is 12.5 Å². The van der Waals surface area contributed by atoms with Gasteiger partial charge in [0.1, 0.15) is 0 Å². The third kappa shape index (κ3) is 2.60. The minimum absolute atomic E-state index is 0.0137. The molecule has 1 heterocycles. The van der Waals surface area contributed by atoms with Crippen LogP contribution in [0.25, 0.3) is 0 Å². The molecule has 25 heavy (non-hydrogen) atoms. The van der Waals surface area contributed by atoms with Crippen LogP contribution in [0.2, 0.25) is 0 Å². The Kier molecular flexibility index (Phi) is 3.94. The summed E-state index contributed by atoms with van der Waals surface area (Å²) in [6, 6.07) is 6.55. The molecule has 3 aliphatic rings. The van der Waals surface area contributed by atoms with Gasteiger partial charge in [0, 0.05) is 24.8 Å². The molecule has 3 fully saturated rings. The lowest BCUT2D eigenvalue weighted by Crippen LogP contribution is -2.70. The van der Waals surface area contributed by atoms with Gasteiger partial charge in [-0.2, -0.15) is 0 Å². The maximum atomic E-state index is 13.0. The summed E-state index contributed by atoms with van der Waals surface area (Å²) in [6.45, 7) is 0.716. The average molecular weight is 364 g/mol. The molecule has 3 N–H and O–H groups in total. The first kappa shape index (κ1) is 17.0. The van der Waals surface area contributed by atoms with E-state index in [1.54, 1.807) is 24.3 Å². The number of hydrogen-bond donors (Lipinski definition) is 2. The normalized spacial score (nSPS) is 33.0. The summed E-state index contributed by atoms with van der Waals surface area (Å²) in [5, 5.41) is 3.12. The summed E-state index contributed by atoms with van der Waals surface area (Å²) in [5.41, 5.74) is 6.51. The van der Waals surface area contributed by atoms with Crippen molar-refractivity contribution in [3.63, 3.8) is 0 Å². The van der Waals surface area contributed by atoms with Crippen molar-refractivity contribution in [3.8, 4) is 0 Å². The second kappa shape index (κ2) is 5.79. The van der Waals surface area contributed by atoms with Crippen LogP contribution in [0.4, 0.5) is 0 Å². The fourth-order valence-electron chi connectivity index (χ4n) is 4.42. The number of amides is 1. The first-order valence-electron chi connectivity index (χ1n) is 8.82. The Hall–Kier alpha value is -1.44. The molecule has 4 rings (SSSR count). The number of ether oxygens (including phenoxy) is 1. The van der Waals surface area contributed by atoms with Crippen molar-refractivity contribution in [1.82, 2.24) is 5.32 Å². The summed E-state index contributed by atoms with van der Waals surface area (Å²) in [5.74, 6) is 0.344. The van der Waals surface area contributed by atoms with E-state index < -0.39 is 15.3 Å². The second-order valence-corrected chi connectivity index (χ2v) is 9.61. The van der Waals surface area contributed by atoms with Crippen LogP contribution < -0.4 is 11.1 Å². The Morgan fingerprint density at radius 1 is 1.28 bits per heavy atom. The number of sulfone groups is 1. The van der Waals surface area contributed by atoms with Crippen molar-refractivity contribution < 1.29 is 17.9 Å². The van der Waals surface area contributed by atoms with Crippen LogP contribution >= 0.6 is 0 Å². The molecule has 136 valence electrons. The number of hydrogen-bond acceptors (Lipinski definition) is 5. The molecule has 1 aromatic rings. The second-order valence-electron chi connectivity index (χ2n) is 7.60. The van der Waals surface area contributed by atoms with Gasteiger partial charge in [0.05, 0.1) is 22.5 Å². The van der Waals surface area contributed by atoms with Crippen molar-refractivity contribution in [2.45, 2.75) is 54.2 Å². The molecular weight excluding hydrogens is 340 g/mol. The Morgan fingerprint density at radius 3 is 2.52 bits per heavy atom. The van der Waals surface area contributed by atoms with Gasteiger partial charge in [-0.05, 0) is 37.0 Å². The van der Waals surface area contributed by atoms with Gasteiger partial charge >= 0.3 is 0 Å². The summed E-state index contributed by atoms with van der Waals surface area (Å²) >= 11 is 0. The lowest BCUT2D eigenvalue weighted by molar-refractivity contribution is -0.134. The number of benzene rings is 1. The first-order chi connectivity index (χ1) is 11.8. The maximum Gasteiger partial charge on any atom is 0.231 e. The van der Waals surface area contributed by atoms with Gasteiger partial charge in [0.15, 0.2) is 9.84 Å². The van der Waals surface area contributed by atoms with Crippen LogP contribution in [0.1, 0.15) is 31.2 Å². The van der Waals surface area contributed by atoms with Gasteiger partial charge in [-0.3, -0.25) is 4.79 Å². The zero-order chi connectivity index (χ0) is 17.8. The molecule has 2 saturated carbocycles. The number of carbonyl (C=O) groups is 1. The van der Waals surface area contributed by atoms with E-state index in [4.69, 9.17) is 10.5 Å². The molecule has 2 aliphatic carbocycles. The average Bonchev–Trinajstić information content (AvgIpc) is 2.96. The Morgan fingerprint density at radius 2 is 1.96 bits per heavy atom. The smallest absolute Gasteiger partial charge is 0.231 e. The van der Waals surface area contributed by atoms with E-state index in [1.807, 2.05) is 0 Å². The SMILES string of the molecule is CS(=O)(=O)c1ccc(C2(C(=O)N[C@@H]3[C@@H](N)[C@H]4CCO[C@H]43)CCC2)cc1. The van der Waals surface area contributed by atoms with Gasteiger partial charge in [0.2, 0.25) is 5.91 Å². The van der Waals surface area contributed by atoms with Crippen LogP contribution in [-0.2, 0) is 24.8 Å². The Labute approximate surface area is 148 Å². The highest BCUT2D eigenvalue weighted by atomic mass is 32.2. The van der Waals surface area contributed by atoms with E-state index in [2.05, 4.69) is 5.32 Å². The summed E-state index contributed by atoms with van der Waals surface area (Å²) < 4.78 is 29.0. The maximum absolute atomic E-state index is 13.0. The number of carbonyl (C=O) groups excluding carboxylic acids is 1. The minimum atomic E-state index is -3.24. The summed E-state index contributed by atoms with van der Waals surface area (Å²) in [7, 11) is -3.24. The topological polar surface area (TPSA) is 98.5 Å². The van der Waals surface area contributed by atoms with E-state index in [9.17, 15) is 13.2 Å². The summed E-state index contributed by atoms with van der Waals surface area (Å²) in [6.07, 6.45) is 4.73.